The lowest BCUT2D eigenvalue weighted by Gasteiger charge is -2.23. The van der Waals surface area contributed by atoms with Crippen LogP contribution in [0, 0.1) is 6.92 Å². The summed E-state index contributed by atoms with van der Waals surface area (Å²) in [6.45, 7) is 4.33. The molecule has 0 aliphatic carbocycles. The predicted octanol–water partition coefficient (Wildman–Crippen LogP) is 1.84. The first kappa shape index (κ1) is 13.0. The minimum atomic E-state index is 0.597. The van der Waals surface area contributed by atoms with E-state index in [1.54, 1.807) is 7.11 Å². The number of anilines is 2. The zero-order valence-electron chi connectivity index (χ0n) is 11.7. The van der Waals surface area contributed by atoms with Crippen molar-refractivity contribution in [3.63, 3.8) is 0 Å². The molecule has 18 heavy (non-hydrogen) atoms. The number of hydrogen-bond donors (Lipinski definition) is 2. The van der Waals surface area contributed by atoms with Crippen molar-refractivity contribution in [2.24, 2.45) is 0 Å². The third kappa shape index (κ3) is 2.38. The van der Waals surface area contributed by atoms with Gasteiger partial charge in [0.15, 0.2) is 0 Å². The summed E-state index contributed by atoms with van der Waals surface area (Å²) in [5.74, 6) is 0.908. The van der Waals surface area contributed by atoms with Crippen molar-refractivity contribution in [2.75, 3.05) is 44.5 Å². The summed E-state index contributed by atoms with van der Waals surface area (Å²) < 4.78 is 5.44. The van der Waals surface area contributed by atoms with Gasteiger partial charge in [-0.15, -0.1) is 0 Å². The number of aryl methyl sites for hydroxylation is 1. The smallest absolute Gasteiger partial charge is 0.144 e. The number of nitrogens with zero attached hydrogens (tertiary/aromatic N) is 1. The zero-order valence-corrected chi connectivity index (χ0v) is 11.7. The second kappa shape index (κ2) is 5.48. The molecule has 1 aliphatic rings. The summed E-state index contributed by atoms with van der Waals surface area (Å²) in [7, 11) is 5.67. The standard InChI is InChI=1S/C14H23N3O/c1-10-7-12(16-3)14(18-4)8-13(10)17-6-5-11(9-17)15-2/h7-8,11,15-16H,5-6,9H2,1-4H3. The quantitative estimate of drug-likeness (QED) is 0.854. The molecule has 1 fully saturated rings. The van der Waals surface area contributed by atoms with E-state index in [4.69, 9.17) is 4.74 Å². The molecular weight excluding hydrogens is 226 g/mol. The second-order valence-corrected chi connectivity index (χ2v) is 4.81. The average Bonchev–Trinajstić information content (AvgIpc) is 2.86. The van der Waals surface area contributed by atoms with Gasteiger partial charge in [0.25, 0.3) is 0 Å². The number of ether oxygens (including phenoxy) is 1. The fourth-order valence-electron chi connectivity index (χ4n) is 2.60. The minimum absolute atomic E-state index is 0.597. The molecule has 0 radical (unpaired) electrons. The molecule has 1 aromatic rings. The molecule has 1 atom stereocenters. The van der Waals surface area contributed by atoms with Gasteiger partial charge in [0.05, 0.1) is 12.8 Å². The first-order chi connectivity index (χ1) is 8.69. The van der Waals surface area contributed by atoms with Crippen LogP contribution in [0.1, 0.15) is 12.0 Å². The van der Waals surface area contributed by atoms with Crippen molar-refractivity contribution < 1.29 is 4.74 Å². The Bertz CT molecular complexity index is 420. The van der Waals surface area contributed by atoms with Crippen molar-refractivity contribution >= 4 is 11.4 Å². The van der Waals surface area contributed by atoms with Crippen LogP contribution in [0.4, 0.5) is 11.4 Å². The molecule has 2 N–H and O–H groups in total. The van der Waals surface area contributed by atoms with Gasteiger partial charge in [0.2, 0.25) is 0 Å². The predicted molar refractivity (Wildman–Crippen MR) is 77.0 cm³/mol. The van der Waals surface area contributed by atoms with Crippen LogP contribution in [-0.2, 0) is 0 Å². The van der Waals surface area contributed by atoms with Crippen molar-refractivity contribution in [1.29, 1.82) is 0 Å². The summed E-state index contributed by atoms with van der Waals surface area (Å²) >= 11 is 0. The number of likely N-dealkylation sites (N-methyl/N-ethyl adjacent to an activating group) is 1. The van der Waals surface area contributed by atoms with Gasteiger partial charge in [-0.25, -0.2) is 0 Å². The van der Waals surface area contributed by atoms with Crippen LogP contribution in [0.5, 0.6) is 5.75 Å². The summed E-state index contributed by atoms with van der Waals surface area (Å²) in [4.78, 5) is 2.43. The molecule has 0 bridgehead atoms. The van der Waals surface area contributed by atoms with Crippen molar-refractivity contribution in [3.8, 4) is 5.75 Å². The van der Waals surface area contributed by atoms with E-state index in [1.807, 2.05) is 14.1 Å². The van der Waals surface area contributed by atoms with Crippen LogP contribution in [0.15, 0.2) is 12.1 Å². The largest absolute Gasteiger partial charge is 0.495 e. The molecule has 2 rings (SSSR count). The third-order valence-corrected chi connectivity index (χ3v) is 3.72. The number of hydrogen-bond acceptors (Lipinski definition) is 4. The van der Waals surface area contributed by atoms with E-state index < -0.39 is 0 Å². The summed E-state index contributed by atoms with van der Waals surface area (Å²) in [5.41, 5.74) is 3.61. The Labute approximate surface area is 109 Å². The molecule has 4 nitrogen and oxygen atoms in total. The first-order valence-electron chi connectivity index (χ1n) is 6.48. The molecule has 0 aromatic heterocycles. The SMILES string of the molecule is CNc1cc(C)c(N2CCC(NC)C2)cc1OC. The fourth-order valence-corrected chi connectivity index (χ4v) is 2.60. The van der Waals surface area contributed by atoms with Gasteiger partial charge < -0.3 is 20.3 Å². The van der Waals surface area contributed by atoms with Gasteiger partial charge in [-0.05, 0) is 32.0 Å². The van der Waals surface area contributed by atoms with E-state index in [0.29, 0.717) is 6.04 Å². The van der Waals surface area contributed by atoms with Crippen LogP contribution in [0.3, 0.4) is 0 Å². The van der Waals surface area contributed by atoms with Crippen molar-refractivity contribution in [1.82, 2.24) is 5.32 Å². The number of methoxy groups -OCH3 is 1. The summed E-state index contributed by atoms with van der Waals surface area (Å²) in [5, 5.41) is 6.52. The zero-order chi connectivity index (χ0) is 13.1. The molecule has 0 saturated carbocycles. The lowest BCUT2D eigenvalue weighted by Crippen LogP contribution is -2.29. The normalized spacial score (nSPS) is 19.1. The molecular formula is C14H23N3O. The Morgan fingerprint density at radius 2 is 2.11 bits per heavy atom. The van der Waals surface area contributed by atoms with E-state index in [0.717, 1.165) is 24.5 Å². The van der Waals surface area contributed by atoms with Crippen LogP contribution >= 0.6 is 0 Å². The average molecular weight is 249 g/mol. The van der Waals surface area contributed by atoms with Gasteiger partial charge >= 0.3 is 0 Å². The topological polar surface area (TPSA) is 36.5 Å². The molecule has 1 aliphatic heterocycles. The molecule has 1 aromatic carbocycles. The van der Waals surface area contributed by atoms with E-state index in [1.165, 1.54) is 17.7 Å². The van der Waals surface area contributed by atoms with Crippen molar-refractivity contribution in [2.45, 2.75) is 19.4 Å². The second-order valence-electron chi connectivity index (χ2n) is 4.81. The van der Waals surface area contributed by atoms with Crippen LogP contribution in [0.2, 0.25) is 0 Å². The van der Waals surface area contributed by atoms with Crippen LogP contribution in [-0.4, -0.2) is 40.3 Å². The molecule has 1 heterocycles. The number of rotatable bonds is 4. The van der Waals surface area contributed by atoms with Crippen molar-refractivity contribution in [3.05, 3.63) is 17.7 Å². The Morgan fingerprint density at radius 3 is 2.67 bits per heavy atom. The lowest BCUT2D eigenvalue weighted by atomic mass is 10.1. The highest BCUT2D eigenvalue weighted by molar-refractivity contribution is 5.68. The maximum absolute atomic E-state index is 5.44. The minimum Gasteiger partial charge on any atom is -0.495 e. The Morgan fingerprint density at radius 1 is 1.33 bits per heavy atom. The van der Waals surface area contributed by atoms with E-state index in [9.17, 15) is 0 Å². The number of nitrogens with one attached hydrogen (secondary N) is 2. The third-order valence-electron chi connectivity index (χ3n) is 3.72. The summed E-state index contributed by atoms with van der Waals surface area (Å²) in [6.07, 6.45) is 1.20. The summed E-state index contributed by atoms with van der Waals surface area (Å²) in [6, 6.07) is 4.89. The lowest BCUT2D eigenvalue weighted by molar-refractivity contribution is 0.416. The molecule has 0 amide bonds. The van der Waals surface area contributed by atoms with Gasteiger partial charge in [-0.1, -0.05) is 0 Å². The first-order valence-corrected chi connectivity index (χ1v) is 6.48. The molecule has 1 unspecified atom stereocenters. The maximum atomic E-state index is 5.44. The highest BCUT2D eigenvalue weighted by Crippen LogP contribution is 2.34. The number of benzene rings is 1. The maximum Gasteiger partial charge on any atom is 0.144 e. The monoisotopic (exact) mass is 249 g/mol. The van der Waals surface area contributed by atoms with E-state index >= 15 is 0 Å². The molecule has 4 heteroatoms. The van der Waals surface area contributed by atoms with Crippen LogP contribution < -0.4 is 20.3 Å². The van der Waals surface area contributed by atoms with E-state index in [2.05, 4.69) is 34.6 Å². The van der Waals surface area contributed by atoms with Gasteiger partial charge in [0.1, 0.15) is 5.75 Å². The van der Waals surface area contributed by atoms with Gasteiger partial charge in [0, 0.05) is 37.9 Å². The fraction of sp³-hybridized carbons (Fsp3) is 0.571. The highest BCUT2D eigenvalue weighted by atomic mass is 16.5. The molecule has 100 valence electrons. The van der Waals surface area contributed by atoms with Gasteiger partial charge in [-0.2, -0.15) is 0 Å². The Hall–Kier alpha value is -1.42. The molecule has 0 spiro atoms. The van der Waals surface area contributed by atoms with Crippen LogP contribution in [0.25, 0.3) is 0 Å². The Kier molecular flexibility index (Phi) is 3.97. The highest BCUT2D eigenvalue weighted by Gasteiger charge is 2.23. The molecule has 1 saturated heterocycles. The van der Waals surface area contributed by atoms with E-state index in [-0.39, 0.29) is 0 Å². The Balaban J connectivity index is 2.28. The van der Waals surface area contributed by atoms with Gasteiger partial charge in [-0.3, -0.25) is 0 Å².